The van der Waals surface area contributed by atoms with E-state index in [-0.39, 0.29) is 11.8 Å². The Morgan fingerprint density at radius 3 is 2.55 bits per heavy atom. The van der Waals surface area contributed by atoms with Crippen LogP contribution in [0.3, 0.4) is 0 Å². The van der Waals surface area contributed by atoms with Gasteiger partial charge in [-0.05, 0) is 30.7 Å². The first-order valence-corrected chi connectivity index (χ1v) is 7.57. The Hall–Kier alpha value is -1.55. The normalized spacial score (nSPS) is 16.8. The Kier molecular flexibility index (Phi) is 5.41. The maximum absolute atomic E-state index is 12.0. The van der Waals surface area contributed by atoms with Gasteiger partial charge in [0.2, 0.25) is 5.91 Å². The van der Waals surface area contributed by atoms with Crippen molar-refractivity contribution in [2.24, 2.45) is 5.92 Å². The second kappa shape index (κ2) is 7.29. The van der Waals surface area contributed by atoms with Gasteiger partial charge in [0, 0.05) is 43.5 Å². The lowest BCUT2D eigenvalue weighted by molar-refractivity contribution is -0.119. The fraction of sp³-hybridized carbons (Fsp3) is 0.562. The molecule has 1 atom stereocenters. The van der Waals surface area contributed by atoms with Gasteiger partial charge in [0.05, 0.1) is 0 Å². The van der Waals surface area contributed by atoms with Gasteiger partial charge in [0.1, 0.15) is 0 Å². The first-order valence-electron chi connectivity index (χ1n) is 7.57. The van der Waals surface area contributed by atoms with E-state index in [1.165, 1.54) is 5.69 Å². The molecule has 0 bridgehead atoms. The fourth-order valence-electron chi connectivity index (χ4n) is 2.51. The van der Waals surface area contributed by atoms with Crippen molar-refractivity contribution in [2.75, 3.05) is 36.4 Å². The van der Waals surface area contributed by atoms with E-state index in [0.717, 1.165) is 44.7 Å². The van der Waals surface area contributed by atoms with Crippen LogP contribution in [0.15, 0.2) is 24.3 Å². The van der Waals surface area contributed by atoms with E-state index in [1.807, 2.05) is 19.1 Å². The van der Waals surface area contributed by atoms with Gasteiger partial charge >= 0.3 is 0 Å². The van der Waals surface area contributed by atoms with Gasteiger partial charge in [0.15, 0.2) is 0 Å². The van der Waals surface area contributed by atoms with E-state index in [1.54, 1.807) is 0 Å². The second-order valence-electron chi connectivity index (χ2n) is 5.46. The lowest BCUT2D eigenvalue weighted by Crippen LogP contribution is -2.43. The van der Waals surface area contributed by atoms with Crippen LogP contribution in [0.1, 0.15) is 26.7 Å². The van der Waals surface area contributed by atoms with Crippen LogP contribution in [0, 0.1) is 5.92 Å². The van der Waals surface area contributed by atoms with Crippen LogP contribution in [0.4, 0.5) is 11.4 Å². The molecular formula is C16H25N3O. The highest BCUT2D eigenvalue weighted by Gasteiger charge is 2.13. The van der Waals surface area contributed by atoms with E-state index in [2.05, 4.69) is 34.6 Å². The molecule has 1 saturated heterocycles. The number of benzene rings is 1. The Balaban J connectivity index is 1.92. The molecular weight excluding hydrogens is 250 g/mol. The zero-order valence-corrected chi connectivity index (χ0v) is 12.5. The van der Waals surface area contributed by atoms with Crippen molar-refractivity contribution in [3.63, 3.8) is 0 Å². The van der Waals surface area contributed by atoms with Crippen molar-refractivity contribution >= 4 is 17.3 Å². The van der Waals surface area contributed by atoms with Crippen LogP contribution in [-0.2, 0) is 4.79 Å². The lowest BCUT2D eigenvalue weighted by Gasteiger charge is -2.29. The van der Waals surface area contributed by atoms with Crippen molar-refractivity contribution in [1.82, 2.24) is 5.32 Å². The number of carbonyl (C=O) groups excluding carboxylic acids is 1. The molecule has 1 amide bonds. The summed E-state index contributed by atoms with van der Waals surface area (Å²) in [6.07, 6.45) is 1.97. The number of nitrogens with one attached hydrogen (secondary N) is 2. The molecule has 1 aromatic rings. The highest BCUT2D eigenvalue weighted by atomic mass is 16.1. The molecule has 2 rings (SSSR count). The molecule has 0 radical (unpaired) electrons. The minimum absolute atomic E-state index is 0.0767. The van der Waals surface area contributed by atoms with Gasteiger partial charge in [0.25, 0.3) is 0 Å². The molecule has 1 aromatic carbocycles. The molecule has 4 heteroatoms. The summed E-state index contributed by atoms with van der Waals surface area (Å²) in [6, 6.07) is 8.17. The predicted octanol–water partition coefficient (Wildman–Crippen LogP) is 2.47. The Morgan fingerprint density at radius 1 is 1.30 bits per heavy atom. The van der Waals surface area contributed by atoms with Crippen molar-refractivity contribution in [3.05, 3.63) is 24.3 Å². The number of hydrogen-bond acceptors (Lipinski definition) is 3. The van der Waals surface area contributed by atoms with E-state index >= 15 is 0 Å². The van der Waals surface area contributed by atoms with Gasteiger partial charge in [-0.2, -0.15) is 0 Å². The maximum Gasteiger partial charge on any atom is 0.227 e. The summed E-state index contributed by atoms with van der Waals surface area (Å²) < 4.78 is 0. The molecule has 1 heterocycles. The number of anilines is 2. The Bertz CT molecular complexity index is 424. The Labute approximate surface area is 121 Å². The number of piperazine rings is 1. The van der Waals surface area contributed by atoms with Gasteiger partial charge in [-0.25, -0.2) is 0 Å². The average molecular weight is 275 g/mol. The van der Waals surface area contributed by atoms with Crippen molar-refractivity contribution < 1.29 is 4.79 Å². The number of amides is 1. The van der Waals surface area contributed by atoms with Crippen LogP contribution in [0.25, 0.3) is 0 Å². The molecule has 0 saturated carbocycles. The lowest BCUT2D eigenvalue weighted by atomic mass is 10.1. The highest BCUT2D eigenvalue weighted by Crippen LogP contribution is 2.19. The van der Waals surface area contributed by atoms with Crippen molar-refractivity contribution in [2.45, 2.75) is 26.7 Å². The van der Waals surface area contributed by atoms with Gasteiger partial charge in [-0.1, -0.05) is 20.3 Å². The van der Waals surface area contributed by atoms with Crippen LogP contribution in [0.2, 0.25) is 0 Å². The van der Waals surface area contributed by atoms with Crippen LogP contribution in [0.5, 0.6) is 0 Å². The van der Waals surface area contributed by atoms with E-state index in [9.17, 15) is 4.79 Å². The second-order valence-corrected chi connectivity index (χ2v) is 5.46. The molecule has 0 aliphatic carbocycles. The predicted molar refractivity (Wildman–Crippen MR) is 84.2 cm³/mol. The molecule has 0 spiro atoms. The van der Waals surface area contributed by atoms with Crippen LogP contribution < -0.4 is 15.5 Å². The quantitative estimate of drug-likeness (QED) is 0.867. The first kappa shape index (κ1) is 14.9. The molecule has 2 N–H and O–H groups in total. The molecule has 110 valence electrons. The molecule has 4 nitrogen and oxygen atoms in total. The largest absolute Gasteiger partial charge is 0.369 e. The van der Waals surface area contributed by atoms with Crippen LogP contribution in [-0.4, -0.2) is 32.1 Å². The van der Waals surface area contributed by atoms with Gasteiger partial charge in [-0.3, -0.25) is 4.79 Å². The maximum atomic E-state index is 12.0. The van der Waals surface area contributed by atoms with E-state index in [0.29, 0.717) is 0 Å². The SMILES string of the molecule is CCCC(C)C(=O)Nc1ccc(N2CCNCC2)cc1. The van der Waals surface area contributed by atoms with Gasteiger partial charge in [-0.15, -0.1) is 0 Å². The summed E-state index contributed by atoms with van der Waals surface area (Å²) in [5.41, 5.74) is 2.11. The summed E-state index contributed by atoms with van der Waals surface area (Å²) in [6.45, 7) is 8.23. The molecule has 1 unspecified atom stereocenters. The van der Waals surface area contributed by atoms with E-state index < -0.39 is 0 Å². The topological polar surface area (TPSA) is 44.4 Å². The summed E-state index contributed by atoms with van der Waals surface area (Å²) in [5.74, 6) is 0.189. The molecule has 1 fully saturated rings. The molecule has 1 aliphatic heterocycles. The third kappa shape index (κ3) is 3.97. The molecule has 1 aliphatic rings. The average Bonchev–Trinajstić information content (AvgIpc) is 2.49. The van der Waals surface area contributed by atoms with Crippen molar-refractivity contribution in [1.29, 1.82) is 0 Å². The third-order valence-electron chi connectivity index (χ3n) is 3.79. The van der Waals surface area contributed by atoms with E-state index in [4.69, 9.17) is 0 Å². The summed E-state index contributed by atoms with van der Waals surface area (Å²) in [7, 11) is 0. The minimum atomic E-state index is 0.0767. The standard InChI is InChI=1S/C16H25N3O/c1-3-4-13(2)16(20)18-14-5-7-15(8-6-14)19-11-9-17-10-12-19/h5-8,13,17H,3-4,9-12H2,1-2H3,(H,18,20). The molecule has 20 heavy (non-hydrogen) atoms. The zero-order chi connectivity index (χ0) is 14.4. The summed E-state index contributed by atoms with van der Waals surface area (Å²) in [4.78, 5) is 14.3. The highest BCUT2D eigenvalue weighted by molar-refractivity contribution is 5.92. The minimum Gasteiger partial charge on any atom is -0.369 e. The van der Waals surface area contributed by atoms with Gasteiger partial charge < -0.3 is 15.5 Å². The number of carbonyl (C=O) groups is 1. The smallest absolute Gasteiger partial charge is 0.227 e. The number of hydrogen-bond donors (Lipinski definition) is 2. The monoisotopic (exact) mass is 275 g/mol. The Morgan fingerprint density at radius 2 is 1.95 bits per heavy atom. The third-order valence-corrected chi connectivity index (χ3v) is 3.79. The summed E-state index contributed by atoms with van der Waals surface area (Å²) >= 11 is 0. The number of nitrogens with zero attached hydrogens (tertiary/aromatic N) is 1. The number of rotatable bonds is 5. The zero-order valence-electron chi connectivity index (χ0n) is 12.5. The molecule has 0 aromatic heterocycles. The van der Waals surface area contributed by atoms with Crippen molar-refractivity contribution in [3.8, 4) is 0 Å². The summed E-state index contributed by atoms with van der Waals surface area (Å²) in [5, 5.41) is 6.33. The first-order chi connectivity index (χ1) is 9.70. The van der Waals surface area contributed by atoms with Crippen LogP contribution >= 0.6 is 0 Å². The fourth-order valence-corrected chi connectivity index (χ4v) is 2.51.